The molecule has 0 N–H and O–H groups in total. The molecule has 25 heavy (non-hydrogen) atoms. The molecule has 2 atom stereocenters. The summed E-state index contributed by atoms with van der Waals surface area (Å²) in [4.78, 5) is 18.4. The Labute approximate surface area is 157 Å². The summed E-state index contributed by atoms with van der Waals surface area (Å²) in [5.41, 5.74) is 1.01. The number of sulfone groups is 1. The minimum absolute atomic E-state index is 0.0529. The van der Waals surface area contributed by atoms with E-state index in [2.05, 4.69) is 4.99 Å². The first-order chi connectivity index (χ1) is 11.7. The van der Waals surface area contributed by atoms with E-state index < -0.39 is 9.84 Å². The van der Waals surface area contributed by atoms with Gasteiger partial charge in [-0.3, -0.25) is 4.79 Å². The molecule has 136 valence electrons. The molecule has 2 saturated heterocycles. The minimum atomic E-state index is -3.03. The second-order valence-electron chi connectivity index (χ2n) is 6.94. The van der Waals surface area contributed by atoms with Gasteiger partial charge >= 0.3 is 0 Å². The summed E-state index contributed by atoms with van der Waals surface area (Å²) >= 11 is 7.35. The molecular weight excluding hydrogens is 380 g/mol. The number of aliphatic imine (C=N–C) groups is 1. The van der Waals surface area contributed by atoms with Crippen LogP contribution in [0.2, 0.25) is 5.02 Å². The average molecular weight is 401 g/mol. The summed E-state index contributed by atoms with van der Waals surface area (Å²) in [6, 6.07) is 7.32. The number of nitrogens with zero attached hydrogens (tertiary/aromatic N) is 2. The van der Waals surface area contributed by atoms with Crippen LogP contribution >= 0.6 is 23.4 Å². The van der Waals surface area contributed by atoms with E-state index >= 15 is 0 Å². The summed E-state index contributed by atoms with van der Waals surface area (Å²) in [6.07, 6.45) is 0.395. The maximum atomic E-state index is 12.1. The van der Waals surface area contributed by atoms with E-state index in [0.717, 1.165) is 5.56 Å². The van der Waals surface area contributed by atoms with Gasteiger partial charge in [-0.1, -0.05) is 49.3 Å². The number of benzene rings is 1. The van der Waals surface area contributed by atoms with Gasteiger partial charge in [-0.25, -0.2) is 8.42 Å². The molecule has 0 saturated carbocycles. The van der Waals surface area contributed by atoms with Gasteiger partial charge < -0.3 is 4.90 Å². The lowest BCUT2D eigenvalue weighted by Crippen LogP contribution is -2.37. The monoisotopic (exact) mass is 400 g/mol. The Kier molecular flexibility index (Phi) is 5.46. The summed E-state index contributed by atoms with van der Waals surface area (Å²) < 4.78 is 24.0. The van der Waals surface area contributed by atoms with Gasteiger partial charge in [0.05, 0.1) is 17.5 Å². The molecule has 5 nitrogen and oxygen atoms in total. The third-order valence-corrected chi connectivity index (χ3v) is 7.74. The number of amides is 1. The van der Waals surface area contributed by atoms with Gasteiger partial charge in [0.2, 0.25) is 5.91 Å². The zero-order valence-electron chi connectivity index (χ0n) is 14.2. The molecule has 0 aliphatic carbocycles. The van der Waals surface area contributed by atoms with E-state index in [1.807, 2.05) is 43.0 Å². The first-order valence-electron chi connectivity index (χ1n) is 8.23. The highest BCUT2D eigenvalue weighted by Crippen LogP contribution is 2.39. The third kappa shape index (κ3) is 4.57. The summed E-state index contributed by atoms with van der Waals surface area (Å²) in [5.74, 6) is 0.362. The molecule has 2 fully saturated rings. The highest BCUT2D eigenvalue weighted by Gasteiger charge is 2.48. The first-order valence-corrected chi connectivity index (χ1v) is 11.3. The molecule has 1 amide bonds. The van der Waals surface area contributed by atoms with Gasteiger partial charge in [-0.05, 0) is 23.6 Å². The van der Waals surface area contributed by atoms with Crippen molar-refractivity contribution >= 4 is 44.3 Å². The summed E-state index contributed by atoms with van der Waals surface area (Å²) in [5, 5.41) is 1.25. The number of hydrogen-bond acceptors (Lipinski definition) is 4. The fraction of sp³-hybridized carbons (Fsp3) is 0.529. The van der Waals surface area contributed by atoms with E-state index in [4.69, 9.17) is 11.6 Å². The molecule has 2 heterocycles. The van der Waals surface area contributed by atoms with Crippen molar-refractivity contribution < 1.29 is 13.2 Å². The molecule has 2 aliphatic rings. The normalized spacial score (nSPS) is 26.4. The number of carbonyl (C=O) groups is 1. The van der Waals surface area contributed by atoms with Crippen LogP contribution in [0.3, 0.4) is 0 Å². The van der Waals surface area contributed by atoms with Crippen LogP contribution in [0.5, 0.6) is 0 Å². The van der Waals surface area contributed by atoms with Crippen molar-refractivity contribution in [2.45, 2.75) is 38.1 Å². The molecule has 0 radical (unpaired) electrons. The summed E-state index contributed by atoms with van der Waals surface area (Å²) in [7, 11) is -3.03. The molecule has 0 bridgehead atoms. The van der Waals surface area contributed by atoms with Gasteiger partial charge in [-0.15, -0.1) is 0 Å². The van der Waals surface area contributed by atoms with E-state index in [-0.39, 0.29) is 34.6 Å². The Hall–Kier alpha value is -1.05. The number of fused-ring (bicyclic) bond motifs is 1. The predicted octanol–water partition coefficient (Wildman–Crippen LogP) is 2.98. The van der Waals surface area contributed by atoms with Gasteiger partial charge in [0.1, 0.15) is 0 Å². The zero-order valence-corrected chi connectivity index (χ0v) is 16.6. The van der Waals surface area contributed by atoms with Crippen molar-refractivity contribution in [1.82, 2.24) is 4.90 Å². The van der Waals surface area contributed by atoms with Gasteiger partial charge in [-0.2, -0.15) is 4.99 Å². The molecule has 0 aromatic heterocycles. The first kappa shape index (κ1) is 18.7. The average Bonchev–Trinajstić information content (AvgIpc) is 2.93. The fourth-order valence-corrected chi connectivity index (χ4v) is 7.20. The Morgan fingerprint density at radius 2 is 2.00 bits per heavy atom. The molecular formula is C17H21ClN2O3S2. The van der Waals surface area contributed by atoms with Crippen LogP contribution in [0.4, 0.5) is 0 Å². The van der Waals surface area contributed by atoms with E-state index in [9.17, 15) is 13.2 Å². The van der Waals surface area contributed by atoms with E-state index in [1.165, 1.54) is 11.8 Å². The number of amidine groups is 1. The number of halogens is 1. The van der Waals surface area contributed by atoms with Crippen molar-refractivity contribution in [2.75, 3.05) is 11.5 Å². The Morgan fingerprint density at radius 3 is 2.64 bits per heavy atom. The number of thioether (sulfide) groups is 1. The van der Waals surface area contributed by atoms with Crippen LogP contribution in [0.25, 0.3) is 0 Å². The van der Waals surface area contributed by atoms with Crippen LogP contribution in [0.15, 0.2) is 29.3 Å². The quantitative estimate of drug-likeness (QED) is 0.777. The van der Waals surface area contributed by atoms with Crippen LogP contribution in [-0.2, 0) is 21.2 Å². The fourth-order valence-electron chi connectivity index (χ4n) is 3.11. The van der Waals surface area contributed by atoms with Crippen molar-refractivity contribution in [3.8, 4) is 0 Å². The Morgan fingerprint density at radius 1 is 1.32 bits per heavy atom. The maximum absolute atomic E-state index is 12.1. The largest absolute Gasteiger partial charge is 0.342 e. The van der Waals surface area contributed by atoms with Crippen molar-refractivity contribution in [2.24, 2.45) is 10.9 Å². The van der Waals surface area contributed by atoms with Crippen LogP contribution in [0.1, 0.15) is 25.8 Å². The lowest BCUT2D eigenvalue weighted by Gasteiger charge is -2.24. The van der Waals surface area contributed by atoms with Gasteiger partial charge in [0.15, 0.2) is 15.0 Å². The predicted molar refractivity (Wildman–Crippen MR) is 103 cm³/mol. The lowest BCUT2D eigenvalue weighted by molar-refractivity contribution is -0.118. The number of rotatable bonds is 4. The van der Waals surface area contributed by atoms with Gasteiger partial charge in [0.25, 0.3) is 0 Å². The second-order valence-corrected chi connectivity index (χ2v) is 10.7. The van der Waals surface area contributed by atoms with Crippen LogP contribution in [-0.4, -0.2) is 47.2 Å². The molecule has 0 spiro atoms. The van der Waals surface area contributed by atoms with Crippen molar-refractivity contribution in [3.63, 3.8) is 0 Å². The van der Waals surface area contributed by atoms with Gasteiger partial charge in [0, 0.05) is 23.2 Å². The maximum Gasteiger partial charge on any atom is 0.248 e. The van der Waals surface area contributed by atoms with Crippen molar-refractivity contribution in [3.05, 3.63) is 34.9 Å². The lowest BCUT2D eigenvalue weighted by atomic mass is 10.1. The molecule has 1 aromatic carbocycles. The SMILES string of the molecule is CC(C)CC(=O)N=C1S[C@H]2CS(=O)(=O)C[C@@H]2N1Cc1ccc(Cl)cc1. The molecule has 0 unspecified atom stereocenters. The summed E-state index contributed by atoms with van der Waals surface area (Å²) in [6.45, 7) is 4.48. The highest BCUT2D eigenvalue weighted by atomic mass is 35.5. The number of carbonyl (C=O) groups excluding carboxylic acids is 1. The van der Waals surface area contributed by atoms with E-state index in [1.54, 1.807) is 0 Å². The minimum Gasteiger partial charge on any atom is -0.342 e. The molecule has 2 aliphatic heterocycles. The van der Waals surface area contributed by atoms with E-state index in [0.29, 0.717) is 23.2 Å². The van der Waals surface area contributed by atoms with Crippen LogP contribution in [0, 0.1) is 5.92 Å². The smallest absolute Gasteiger partial charge is 0.248 e. The van der Waals surface area contributed by atoms with Crippen molar-refractivity contribution in [1.29, 1.82) is 0 Å². The Balaban J connectivity index is 1.85. The standard InChI is InChI=1S/C17H21ClN2O3S2/c1-11(2)7-16(21)19-17-20(8-12-3-5-13(18)6-4-12)14-9-25(22,23)10-15(14)24-17/h3-6,11,14-15H,7-10H2,1-2H3/t14-,15-/m0/s1. The Bertz CT molecular complexity index is 791. The highest BCUT2D eigenvalue weighted by molar-refractivity contribution is 8.15. The zero-order chi connectivity index (χ0) is 18.2. The molecule has 1 aromatic rings. The number of hydrogen-bond donors (Lipinski definition) is 0. The van der Waals surface area contributed by atoms with Crippen LogP contribution < -0.4 is 0 Å². The topological polar surface area (TPSA) is 66.8 Å². The molecule has 3 rings (SSSR count). The second kappa shape index (κ2) is 7.29. The molecule has 8 heteroatoms. The third-order valence-electron chi connectivity index (χ3n) is 4.24.